The van der Waals surface area contributed by atoms with Crippen LogP contribution in [0.2, 0.25) is 5.02 Å². The van der Waals surface area contributed by atoms with Crippen LogP contribution in [0.4, 0.5) is 0 Å². The Morgan fingerprint density at radius 3 is 2.56 bits per heavy atom. The van der Waals surface area contributed by atoms with Crippen molar-refractivity contribution in [1.82, 2.24) is 9.88 Å². The molecule has 0 saturated carbocycles. The summed E-state index contributed by atoms with van der Waals surface area (Å²) in [7, 11) is 1.66. The first-order chi connectivity index (χ1) is 18.8. The highest BCUT2D eigenvalue weighted by Crippen LogP contribution is 2.38. The third-order valence-corrected chi connectivity index (χ3v) is 8.64. The number of halogens is 1. The number of nitrogens with zero attached hydrogens (tertiary/aromatic N) is 2. The molecule has 0 amide bonds. The molecule has 39 heavy (non-hydrogen) atoms. The molecule has 2 aliphatic rings. The minimum atomic E-state index is -0.952. The normalized spacial score (nSPS) is 15.9. The van der Waals surface area contributed by atoms with Gasteiger partial charge in [-0.25, -0.2) is 0 Å². The zero-order chi connectivity index (χ0) is 27.6. The third-order valence-electron chi connectivity index (χ3n) is 8.41. The van der Waals surface area contributed by atoms with Gasteiger partial charge in [-0.15, -0.1) is 0 Å². The van der Waals surface area contributed by atoms with Crippen molar-refractivity contribution in [2.45, 2.75) is 57.8 Å². The number of carboxylic acids is 1. The maximum absolute atomic E-state index is 11.7. The van der Waals surface area contributed by atoms with E-state index < -0.39 is 11.4 Å². The van der Waals surface area contributed by atoms with Crippen molar-refractivity contribution in [1.29, 1.82) is 0 Å². The molecule has 1 aromatic heterocycles. The van der Waals surface area contributed by atoms with E-state index in [1.165, 1.54) is 27.8 Å². The zero-order valence-electron chi connectivity index (χ0n) is 23.1. The topological polar surface area (TPSA) is 62.7 Å². The summed E-state index contributed by atoms with van der Waals surface area (Å²) >= 11 is 6.38. The van der Waals surface area contributed by atoms with Crippen LogP contribution in [0.25, 0.3) is 5.57 Å². The summed E-state index contributed by atoms with van der Waals surface area (Å²) < 4.78 is 5.63. The number of likely N-dealkylation sites (tertiary alicyclic amines) is 1. The molecule has 204 valence electrons. The van der Waals surface area contributed by atoms with Gasteiger partial charge in [0.05, 0.1) is 18.2 Å². The van der Waals surface area contributed by atoms with E-state index >= 15 is 0 Å². The predicted molar refractivity (Wildman–Crippen MR) is 157 cm³/mol. The monoisotopic (exact) mass is 544 g/mol. The molecule has 0 radical (unpaired) electrons. The summed E-state index contributed by atoms with van der Waals surface area (Å²) in [5.74, 6) is -0.0714. The molecule has 1 fully saturated rings. The Kier molecular flexibility index (Phi) is 8.11. The Morgan fingerprint density at radius 1 is 1.05 bits per heavy atom. The van der Waals surface area contributed by atoms with Crippen LogP contribution >= 0.6 is 11.6 Å². The number of aromatic nitrogens is 1. The quantitative estimate of drug-likeness (QED) is 0.357. The molecule has 5 nitrogen and oxygen atoms in total. The molecule has 0 atom stereocenters. The van der Waals surface area contributed by atoms with E-state index in [-0.39, 0.29) is 0 Å². The number of benzene rings is 2. The molecule has 2 heterocycles. The van der Waals surface area contributed by atoms with Crippen molar-refractivity contribution in [2.75, 3.05) is 26.7 Å². The van der Waals surface area contributed by atoms with Crippen molar-refractivity contribution in [3.63, 3.8) is 0 Å². The van der Waals surface area contributed by atoms with Crippen LogP contribution < -0.4 is 4.74 Å². The number of hydrogen-bond acceptors (Lipinski definition) is 4. The second-order valence-corrected chi connectivity index (χ2v) is 11.6. The Labute approximate surface area is 236 Å². The van der Waals surface area contributed by atoms with Gasteiger partial charge in [0.2, 0.25) is 0 Å². The van der Waals surface area contributed by atoms with Gasteiger partial charge in [0, 0.05) is 29.9 Å². The van der Waals surface area contributed by atoms with E-state index in [4.69, 9.17) is 21.3 Å². The number of hydrogen-bond donors (Lipinski definition) is 1. The molecule has 1 aliphatic carbocycles. The van der Waals surface area contributed by atoms with Gasteiger partial charge in [0.1, 0.15) is 5.75 Å². The van der Waals surface area contributed by atoms with Crippen molar-refractivity contribution >= 4 is 23.1 Å². The highest BCUT2D eigenvalue weighted by atomic mass is 35.5. The van der Waals surface area contributed by atoms with E-state index in [9.17, 15) is 9.90 Å². The smallest absolute Gasteiger partial charge is 0.313 e. The number of fused-ring (bicyclic) bond motifs is 2. The van der Waals surface area contributed by atoms with Gasteiger partial charge in [-0.2, -0.15) is 0 Å². The summed E-state index contributed by atoms with van der Waals surface area (Å²) in [6.45, 7) is 6.54. The Balaban J connectivity index is 1.27. The van der Waals surface area contributed by atoms with Crippen LogP contribution in [0.5, 0.6) is 5.75 Å². The number of carbonyl (C=O) groups is 1. The summed E-state index contributed by atoms with van der Waals surface area (Å²) in [6.07, 6.45) is 7.88. The van der Waals surface area contributed by atoms with Crippen molar-refractivity contribution in [3.8, 4) is 5.75 Å². The molecular weight excluding hydrogens is 508 g/mol. The van der Waals surface area contributed by atoms with Gasteiger partial charge in [0.25, 0.3) is 0 Å². The predicted octanol–water partition coefficient (Wildman–Crippen LogP) is 6.73. The molecule has 6 heteroatoms. The largest absolute Gasteiger partial charge is 0.496 e. The Hall–Kier alpha value is -3.15. The maximum Gasteiger partial charge on any atom is 0.313 e. The highest BCUT2D eigenvalue weighted by molar-refractivity contribution is 6.30. The number of pyridine rings is 1. The number of aliphatic carboxylic acids is 1. The van der Waals surface area contributed by atoms with Crippen LogP contribution in [0.1, 0.15) is 66.6 Å². The van der Waals surface area contributed by atoms with Gasteiger partial charge in [-0.05, 0) is 111 Å². The van der Waals surface area contributed by atoms with E-state index in [0.717, 1.165) is 85.8 Å². The summed E-state index contributed by atoms with van der Waals surface area (Å²) in [6, 6.07) is 16.4. The molecule has 0 bridgehead atoms. The zero-order valence-corrected chi connectivity index (χ0v) is 23.9. The minimum absolute atomic E-state index is 0.755. The lowest BCUT2D eigenvalue weighted by atomic mass is 9.84. The van der Waals surface area contributed by atoms with Gasteiger partial charge in [-0.1, -0.05) is 41.4 Å². The second kappa shape index (κ2) is 11.5. The first-order valence-corrected chi connectivity index (χ1v) is 14.2. The molecule has 3 aromatic rings. The average Bonchev–Trinajstić information content (AvgIpc) is 3.10. The number of ether oxygens (including phenoxy) is 1. The highest BCUT2D eigenvalue weighted by Gasteiger charge is 2.30. The van der Waals surface area contributed by atoms with Crippen molar-refractivity contribution in [3.05, 3.63) is 98.8 Å². The fourth-order valence-corrected chi connectivity index (χ4v) is 6.08. The van der Waals surface area contributed by atoms with Crippen LogP contribution in [-0.2, 0) is 29.5 Å². The third kappa shape index (κ3) is 5.75. The lowest BCUT2D eigenvalue weighted by Crippen LogP contribution is -2.32. The van der Waals surface area contributed by atoms with Gasteiger partial charge in [0.15, 0.2) is 0 Å². The average molecular weight is 545 g/mol. The molecule has 0 spiro atoms. The van der Waals surface area contributed by atoms with Crippen LogP contribution in [0.3, 0.4) is 0 Å². The Bertz CT molecular complexity index is 1400. The molecule has 0 unspecified atom stereocenters. The summed E-state index contributed by atoms with van der Waals surface area (Å²) in [5.41, 5.74) is 8.82. The number of piperidine rings is 1. The van der Waals surface area contributed by atoms with Crippen LogP contribution in [0, 0.1) is 0 Å². The lowest BCUT2D eigenvalue weighted by Gasteiger charge is -2.30. The van der Waals surface area contributed by atoms with Crippen LogP contribution in [-0.4, -0.2) is 47.7 Å². The second-order valence-electron chi connectivity index (χ2n) is 11.2. The first kappa shape index (κ1) is 27.4. The van der Waals surface area contributed by atoms with Crippen molar-refractivity contribution < 1.29 is 14.6 Å². The van der Waals surface area contributed by atoms with Gasteiger partial charge >= 0.3 is 5.97 Å². The fourth-order valence-electron chi connectivity index (χ4n) is 5.89. The molecule has 1 N–H and O–H groups in total. The van der Waals surface area contributed by atoms with Crippen molar-refractivity contribution in [2.24, 2.45) is 0 Å². The standard InChI is InChI=1S/C33H37ClN2O3/c1-33(2,32(37)38)26-11-10-22(29(21-26)39-3)7-5-17-36-18-14-23(15-19-36)30-28-13-12-27(34)20-25(28)9-8-24-6-4-16-35-31(24)30/h4,6,10-13,16,20-21H,5,7-9,14-15,17-19H2,1-3H3,(H,37,38). The molecule has 2 aromatic carbocycles. The van der Waals surface area contributed by atoms with E-state index in [2.05, 4.69) is 23.1 Å². The molecular formula is C33H37ClN2O3. The van der Waals surface area contributed by atoms with Crippen LogP contribution in [0.15, 0.2) is 60.3 Å². The molecule has 1 aliphatic heterocycles. The number of methoxy groups -OCH3 is 1. The fraction of sp³-hybridized carbons (Fsp3) is 0.394. The number of rotatable bonds is 7. The molecule has 5 rings (SSSR count). The first-order valence-electron chi connectivity index (χ1n) is 13.9. The van der Waals surface area contributed by atoms with E-state index in [1.54, 1.807) is 21.0 Å². The SMILES string of the molecule is COc1cc(C(C)(C)C(=O)O)ccc1CCCN1CCC(=C2c3ccc(Cl)cc3CCc3cccnc32)CC1. The maximum atomic E-state index is 11.7. The summed E-state index contributed by atoms with van der Waals surface area (Å²) in [4.78, 5) is 19.1. The van der Waals surface area contributed by atoms with Gasteiger partial charge in [-0.3, -0.25) is 9.78 Å². The van der Waals surface area contributed by atoms with E-state index in [1.807, 2.05) is 36.5 Å². The Morgan fingerprint density at radius 2 is 1.82 bits per heavy atom. The lowest BCUT2D eigenvalue weighted by molar-refractivity contribution is -0.142. The van der Waals surface area contributed by atoms with Gasteiger partial charge < -0.3 is 14.7 Å². The number of aryl methyl sites for hydroxylation is 3. The van der Waals surface area contributed by atoms with E-state index in [0.29, 0.717) is 0 Å². The number of carboxylic acid groups (broad SMARTS) is 1. The molecule has 1 saturated heterocycles. The minimum Gasteiger partial charge on any atom is -0.496 e. The summed E-state index contributed by atoms with van der Waals surface area (Å²) in [5, 5.41) is 10.4.